The molecular formula is C27H39F2N7O. The maximum Gasteiger partial charge on any atom is 0.239 e. The Morgan fingerprint density at radius 2 is 1.92 bits per heavy atom. The number of rotatable bonds is 4. The van der Waals surface area contributed by atoms with Crippen LogP contribution in [0.1, 0.15) is 60.5 Å². The van der Waals surface area contributed by atoms with E-state index in [0.29, 0.717) is 22.8 Å². The van der Waals surface area contributed by atoms with Gasteiger partial charge in [0.05, 0.1) is 47.4 Å². The van der Waals surface area contributed by atoms with Gasteiger partial charge in [-0.3, -0.25) is 9.89 Å². The molecular weight excluding hydrogens is 476 g/mol. The van der Waals surface area contributed by atoms with Crippen LogP contribution in [0, 0.1) is 0 Å². The summed E-state index contributed by atoms with van der Waals surface area (Å²) in [5.41, 5.74) is 8.84. The van der Waals surface area contributed by atoms with Crippen molar-refractivity contribution in [1.82, 2.24) is 24.5 Å². The number of anilines is 1. The van der Waals surface area contributed by atoms with Gasteiger partial charge in [-0.05, 0) is 44.9 Å². The van der Waals surface area contributed by atoms with E-state index in [1.807, 2.05) is 32.0 Å². The van der Waals surface area contributed by atoms with Crippen molar-refractivity contribution >= 4 is 22.9 Å². The fourth-order valence-electron chi connectivity index (χ4n) is 4.95. The molecule has 0 radical (unpaired) electrons. The molecule has 0 amide bonds. The van der Waals surface area contributed by atoms with Gasteiger partial charge in [-0.1, -0.05) is 20.3 Å². The van der Waals surface area contributed by atoms with Crippen molar-refractivity contribution in [2.75, 3.05) is 32.0 Å². The molecule has 2 N–H and O–H groups in total. The second-order valence-electron chi connectivity index (χ2n) is 9.60. The van der Waals surface area contributed by atoms with Crippen molar-refractivity contribution in [1.29, 1.82) is 0 Å². The van der Waals surface area contributed by atoms with Crippen LogP contribution in [0.2, 0.25) is 0 Å². The minimum atomic E-state index is -2.43. The smallest absolute Gasteiger partial charge is 0.239 e. The number of pyridine rings is 1. The highest BCUT2D eigenvalue weighted by Crippen LogP contribution is 2.43. The first kappa shape index (κ1) is 27.1. The molecule has 8 nitrogen and oxygen atoms in total. The number of alkyl halides is 2. The number of hydrogen-bond acceptors (Lipinski definition) is 7. The summed E-state index contributed by atoms with van der Waals surface area (Å²) in [4.78, 5) is 15.7. The molecule has 1 saturated carbocycles. The van der Waals surface area contributed by atoms with Gasteiger partial charge >= 0.3 is 0 Å². The van der Waals surface area contributed by atoms with Crippen LogP contribution in [-0.2, 0) is 10.2 Å². The average molecular weight is 516 g/mol. The molecule has 1 saturated heterocycles. The summed E-state index contributed by atoms with van der Waals surface area (Å²) in [7, 11) is 0. The second kappa shape index (κ2) is 11.6. The van der Waals surface area contributed by atoms with Gasteiger partial charge in [0.1, 0.15) is 0 Å². The van der Waals surface area contributed by atoms with Crippen LogP contribution in [0.15, 0.2) is 35.6 Å². The van der Waals surface area contributed by atoms with E-state index in [0.717, 1.165) is 30.3 Å². The molecule has 0 aromatic carbocycles. The molecule has 2 aliphatic heterocycles. The third-order valence-electron chi connectivity index (χ3n) is 7.39. The number of nitrogens with two attached hydrogens (primary N) is 1. The fraction of sp³-hybridized carbons (Fsp3) is 0.556. The Kier molecular flexibility index (Phi) is 8.49. The summed E-state index contributed by atoms with van der Waals surface area (Å²) in [6.45, 7) is 11.8. The van der Waals surface area contributed by atoms with E-state index in [9.17, 15) is 8.78 Å². The molecule has 6 rings (SSSR count). The second-order valence-corrected chi connectivity index (χ2v) is 9.60. The van der Waals surface area contributed by atoms with Gasteiger partial charge in [-0.2, -0.15) is 0 Å². The zero-order valence-electron chi connectivity index (χ0n) is 22.1. The van der Waals surface area contributed by atoms with Gasteiger partial charge in [-0.15, -0.1) is 5.10 Å². The van der Waals surface area contributed by atoms with Crippen molar-refractivity contribution in [2.45, 2.75) is 71.3 Å². The molecule has 3 aromatic rings. The van der Waals surface area contributed by atoms with Gasteiger partial charge in [0, 0.05) is 44.5 Å². The summed E-state index contributed by atoms with van der Waals surface area (Å²) in [5, 5.41) is 4.11. The Balaban J connectivity index is 0.000000257. The first-order valence-electron chi connectivity index (χ1n) is 13.1. The normalized spacial score (nSPS) is 21.4. The van der Waals surface area contributed by atoms with Crippen molar-refractivity contribution in [3.8, 4) is 11.3 Å². The molecule has 0 spiro atoms. The molecule has 202 valence electrons. The van der Waals surface area contributed by atoms with E-state index in [1.54, 1.807) is 30.8 Å². The maximum atomic E-state index is 13.1. The van der Waals surface area contributed by atoms with Crippen LogP contribution in [0.4, 0.5) is 20.4 Å². The summed E-state index contributed by atoms with van der Waals surface area (Å²) >= 11 is 0. The highest BCUT2D eigenvalue weighted by Gasteiger charge is 2.41. The van der Waals surface area contributed by atoms with Crippen molar-refractivity contribution < 1.29 is 14.9 Å². The molecule has 1 unspecified atom stereocenters. The zero-order chi connectivity index (χ0) is 26.6. The lowest BCUT2D eigenvalue weighted by molar-refractivity contribution is -0.00153. The molecule has 10 heteroatoms. The average Bonchev–Trinajstić information content (AvgIpc) is 3.38. The number of fused-ring (bicyclic) bond motifs is 2. The topological polar surface area (TPSA) is 93.9 Å². The minimum Gasteiger partial charge on any atom is -0.379 e. The SMILES string of the molecule is C1CC(N2CCOCC2)C1.CC.CC1=Nc2ccc(-c3ccn4nc(N)ncc34)nc2C1(C)CC(F)F.[HH]. The Bertz CT molecular complexity index is 1240. The number of nitrogen functional groups attached to an aromatic ring is 1. The summed E-state index contributed by atoms with van der Waals surface area (Å²) < 4.78 is 33.1. The number of hydrogen-bond donors (Lipinski definition) is 1. The highest BCUT2D eigenvalue weighted by molar-refractivity contribution is 5.99. The fourth-order valence-corrected chi connectivity index (χ4v) is 4.95. The van der Waals surface area contributed by atoms with Crippen LogP contribution < -0.4 is 5.73 Å². The lowest BCUT2D eigenvalue weighted by atomic mass is 9.80. The zero-order valence-corrected chi connectivity index (χ0v) is 22.1. The van der Waals surface area contributed by atoms with Crippen molar-refractivity contribution in [3.05, 3.63) is 36.3 Å². The number of halogens is 2. The van der Waals surface area contributed by atoms with Gasteiger partial charge < -0.3 is 10.5 Å². The van der Waals surface area contributed by atoms with Crippen LogP contribution in [0.25, 0.3) is 16.8 Å². The molecule has 1 atom stereocenters. The van der Waals surface area contributed by atoms with Gasteiger partial charge in [-0.25, -0.2) is 23.3 Å². The van der Waals surface area contributed by atoms with Crippen molar-refractivity contribution in [2.24, 2.45) is 4.99 Å². The van der Waals surface area contributed by atoms with Crippen molar-refractivity contribution in [3.63, 3.8) is 0 Å². The third kappa shape index (κ3) is 5.65. The molecule has 0 bridgehead atoms. The number of ether oxygens (including phenoxy) is 1. The molecule has 37 heavy (non-hydrogen) atoms. The monoisotopic (exact) mass is 515 g/mol. The van der Waals surface area contributed by atoms with Crippen LogP contribution in [-0.4, -0.2) is 69.0 Å². The number of morpholine rings is 1. The number of aliphatic imine (C=N–C) groups is 1. The van der Waals surface area contributed by atoms with Gasteiger partial charge in [0.2, 0.25) is 12.4 Å². The largest absolute Gasteiger partial charge is 0.379 e. The summed E-state index contributed by atoms with van der Waals surface area (Å²) in [6, 6.07) is 6.42. The minimum absolute atomic E-state index is 0. The Labute approximate surface area is 218 Å². The lowest BCUT2D eigenvalue weighted by Gasteiger charge is -2.39. The maximum absolute atomic E-state index is 13.1. The van der Waals surface area contributed by atoms with Gasteiger partial charge in [0.25, 0.3) is 0 Å². The summed E-state index contributed by atoms with van der Waals surface area (Å²) in [6.07, 6.45) is 4.95. The molecule has 3 aliphatic rings. The van der Waals surface area contributed by atoms with Crippen LogP contribution >= 0.6 is 0 Å². The first-order chi connectivity index (χ1) is 17.8. The van der Waals surface area contributed by atoms with E-state index in [2.05, 4.69) is 25.0 Å². The van der Waals surface area contributed by atoms with Crippen LogP contribution in [0.3, 0.4) is 0 Å². The molecule has 5 heterocycles. The van der Waals surface area contributed by atoms with E-state index in [4.69, 9.17) is 10.5 Å². The Morgan fingerprint density at radius 1 is 1.19 bits per heavy atom. The number of nitrogens with zero attached hydrogens (tertiary/aromatic N) is 6. The summed E-state index contributed by atoms with van der Waals surface area (Å²) in [5.74, 6) is 0.171. The molecule has 3 aromatic heterocycles. The first-order valence-corrected chi connectivity index (χ1v) is 13.1. The van der Waals surface area contributed by atoms with E-state index in [1.165, 1.54) is 32.4 Å². The van der Waals surface area contributed by atoms with E-state index in [-0.39, 0.29) is 13.8 Å². The highest BCUT2D eigenvalue weighted by atomic mass is 19.3. The Hall–Kier alpha value is -2.98. The quantitative estimate of drug-likeness (QED) is 0.491. The molecule has 1 aliphatic carbocycles. The number of aromatic nitrogens is 4. The Morgan fingerprint density at radius 3 is 2.57 bits per heavy atom. The van der Waals surface area contributed by atoms with E-state index >= 15 is 0 Å². The standard InChI is InChI=1S/C17H16F2N6.C8H15NO.C2H6.H2/c1-9-17(2,7-14(18)19)15-12(22-9)4-3-11(23-15)10-5-6-25-13(10)8-21-16(20)24-25;1-2-8(3-1)9-4-6-10-7-5-9;1-2;/h3-6,8,14H,7H2,1-2H3,(H2,20,24);8H,1-7H2;1-2H3;1H. The predicted molar refractivity (Wildman–Crippen MR) is 145 cm³/mol. The van der Waals surface area contributed by atoms with Gasteiger partial charge in [0.15, 0.2) is 0 Å². The third-order valence-corrected chi connectivity index (χ3v) is 7.39. The van der Waals surface area contributed by atoms with E-state index < -0.39 is 11.8 Å². The lowest BCUT2D eigenvalue weighted by Crippen LogP contribution is -2.46. The molecule has 2 fully saturated rings. The van der Waals surface area contributed by atoms with Crippen LogP contribution in [0.5, 0.6) is 0 Å². The predicted octanol–water partition coefficient (Wildman–Crippen LogP) is 5.54.